The molecule has 0 spiro atoms. The van der Waals surface area contributed by atoms with Crippen LogP contribution in [0.2, 0.25) is 0 Å². The van der Waals surface area contributed by atoms with Crippen LogP contribution in [0.4, 0.5) is 11.5 Å². The summed E-state index contributed by atoms with van der Waals surface area (Å²) in [6.45, 7) is 0. The van der Waals surface area contributed by atoms with Crippen LogP contribution in [0, 0.1) is 0 Å². The summed E-state index contributed by atoms with van der Waals surface area (Å²) in [5.74, 6) is 0.918. The maximum atomic E-state index is 6.59. The van der Waals surface area contributed by atoms with E-state index in [4.69, 9.17) is 13.8 Å². The van der Waals surface area contributed by atoms with Crippen molar-refractivity contribution < 1.29 is 8.83 Å². The molecule has 0 amide bonds. The number of aliphatic imine (C=N–C) groups is 1. The Morgan fingerprint density at radius 1 is 0.674 bits per heavy atom. The van der Waals surface area contributed by atoms with Crippen LogP contribution in [0.1, 0.15) is 0 Å². The zero-order chi connectivity index (χ0) is 27.8. The van der Waals surface area contributed by atoms with E-state index in [-0.39, 0.29) is 6.04 Å². The summed E-state index contributed by atoms with van der Waals surface area (Å²) in [5, 5.41) is 11.8. The molecule has 1 unspecified atom stereocenters. The molecule has 0 radical (unpaired) electrons. The van der Waals surface area contributed by atoms with E-state index in [2.05, 4.69) is 107 Å². The second-order valence-corrected chi connectivity index (χ2v) is 11.6. The van der Waals surface area contributed by atoms with Gasteiger partial charge in [-0.1, -0.05) is 78.9 Å². The summed E-state index contributed by atoms with van der Waals surface area (Å²) in [4.78, 5) is 5.24. The molecule has 1 aliphatic carbocycles. The molecule has 0 fully saturated rings. The van der Waals surface area contributed by atoms with Crippen LogP contribution < -0.4 is 5.32 Å². The summed E-state index contributed by atoms with van der Waals surface area (Å²) >= 11 is 0. The predicted molar refractivity (Wildman–Crippen MR) is 176 cm³/mol. The number of hydrogen-bond donors (Lipinski definition) is 1. The number of aromatic nitrogens is 1. The number of benzene rings is 5. The molecule has 5 nitrogen and oxygen atoms in total. The first-order valence-electron chi connectivity index (χ1n) is 14.6. The van der Waals surface area contributed by atoms with Crippen molar-refractivity contribution in [2.45, 2.75) is 6.04 Å². The average Bonchev–Trinajstić information content (AvgIpc) is 3.79. The SMILES string of the molecule is C1=CC2=Nc3c(c4c5oc6ccccc6c5cc5c6cc(-c7cccc8c7oc7ccccc78)ccc6n3c54)NC2C=C1. The van der Waals surface area contributed by atoms with Gasteiger partial charge in [-0.3, -0.25) is 4.40 Å². The van der Waals surface area contributed by atoms with Gasteiger partial charge in [0.25, 0.3) is 0 Å². The first-order chi connectivity index (χ1) is 21.3. The maximum absolute atomic E-state index is 6.59. The van der Waals surface area contributed by atoms with Crippen LogP contribution >= 0.6 is 0 Å². The highest BCUT2D eigenvalue weighted by Crippen LogP contribution is 2.51. The van der Waals surface area contributed by atoms with Crippen molar-refractivity contribution in [3.63, 3.8) is 0 Å². The minimum absolute atomic E-state index is 0.0326. The van der Waals surface area contributed by atoms with Crippen molar-refractivity contribution in [2.75, 3.05) is 5.32 Å². The fraction of sp³-hybridized carbons (Fsp3) is 0.0263. The smallest absolute Gasteiger partial charge is 0.162 e. The van der Waals surface area contributed by atoms with Gasteiger partial charge in [0.2, 0.25) is 0 Å². The number of furan rings is 2. The van der Waals surface area contributed by atoms with Gasteiger partial charge in [-0.05, 0) is 42.0 Å². The lowest BCUT2D eigenvalue weighted by Crippen LogP contribution is -2.29. The summed E-state index contributed by atoms with van der Waals surface area (Å²) in [5.41, 5.74) is 10.1. The van der Waals surface area contributed by atoms with E-state index >= 15 is 0 Å². The topological polar surface area (TPSA) is 55.1 Å². The molecule has 0 bridgehead atoms. The first kappa shape index (κ1) is 21.9. The van der Waals surface area contributed by atoms with E-state index in [0.717, 1.165) is 88.6 Å². The molecule has 0 saturated heterocycles. The molecule has 1 atom stereocenters. The van der Waals surface area contributed by atoms with E-state index in [9.17, 15) is 0 Å². The molecule has 5 aromatic carbocycles. The van der Waals surface area contributed by atoms with Crippen LogP contribution in [0.5, 0.6) is 0 Å². The Morgan fingerprint density at radius 3 is 2.35 bits per heavy atom. The average molecular weight is 552 g/mol. The van der Waals surface area contributed by atoms with Gasteiger partial charge in [0.15, 0.2) is 5.82 Å². The normalized spacial score (nSPS) is 16.3. The van der Waals surface area contributed by atoms with Crippen LogP contribution in [0.15, 0.2) is 129 Å². The van der Waals surface area contributed by atoms with Crippen molar-refractivity contribution in [1.82, 2.24) is 4.40 Å². The van der Waals surface area contributed by atoms with E-state index in [1.807, 2.05) is 18.2 Å². The number of para-hydroxylation sites is 3. The number of anilines is 1. The molecular weight excluding hydrogens is 530 g/mol. The fourth-order valence-corrected chi connectivity index (χ4v) is 7.45. The molecule has 200 valence electrons. The van der Waals surface area contributed by atoms with Crippen molar-refractivity contribution in [3.8, 4) is 11.1 Å². The highest BCUT2D eigenvalue weighted by atomic mass is 16.3. The Balaban J connectivity index is 1.28. The van der Waals surface area contributed by atoms with Gasteiger partial charge in [0.1, 0.15) is 22.3 Å². The minimum atomic E-state index is 0.0326. The predicted octanol–water partition coefficient (Wildman–Crippen LogP) is 10.1. The lowest BCUT2D eigenvalue weighted by atomic mass is 9.99. The molecule has 4 aromatic heterocycles. The number of allylic oxidation sites excluding steroid dienone is 2. The molecule has 2 aliphatic rings. The Bertz CT molecular complexity index is 2770. The second-order valence-electron chi connectivity index (χ2n) is 11.6. The standard InChI is InChI=1S/C38H21N3O2/c1-5-14-31-22(8-1)24-11-7-10-21(36(24)42-31)20-16-17-30-25(18-20)26-19-27-23-9-2-6-15-32(23)43-37(27)33-34-38(41(30)35(26)33)40-29-13-4-3-12-28(29)39-34/h1-19,28,39H. The minimum Gasteiger partial charge on any atom is -0.455 e. The highest BCUT2D eigenvalue weighted by molar-refractivity contribution is 6.31. The molecular formula is C38H21N3O2. The molecule has 1 aliphatic heterocycles. The second kappa shape index (κ2) is 7.52. The molecule has 9 aromatic rings. The van der Waals surface area contributed by atoms with Gasteiger partial charge in [0, 0.05) is 37.9 Å². The van der Waals surface area contributed by atoms with E-state index in [0.29, 0.717) is 0 Å². The highest BCUT2D eigenvalue weighted by Gasteiger charge is 2.31. The molecule has 43 heavy (non-hydrogen) atoms. The third-order valence-corrected chi connectivity index (χ3v) is 9.33. The van der Waals surface area contributed by atoms with Crippen LogP contribution in [-0.2, 0) is 0 Å². The zero-order valence-electron chi connectivity index (χ0n) is 22.8. The zero-order valence-corrected chi connectivity index (χ0v) is 22.8. The van der Waals surface area contributed by atoms with Gasteiger partial charge >= 0.3 is 0 Å². The monoisotopic (exact) mass is 551 g/mol. The summed E-state index contributed by atoms with van der Waals surface area (Å²) < 4.78 is 15.3. The van der Waals surface area contributed by atoms with Gasteiger partial charge in [-0.2, -0.15) is 0 Å². The van der Waals surface area contributed by atoms with Crippen LogP contribution in [0.25, 0.3) is 82.2 Å². The van der Waals surface area contributed by atoms with Crippen molar-refractivity contribution >= 4 is 88.3 Å². The third kappa shape index (κ3) is 2.66. The first-order valence-corrected chi connectivity index (χ1v) is 14.6. The fourth-order valence-electron chi connectivity index (χ4n) is 7.45. The van der Waals surface area contributed by atoms with E-state index < -0.39 is 0 Å². The van der Waals surface area contributed by atoms with E-state index in [1.165, 1.54) is 10.8 Å². The summed E-state index contributed by atoms with van der Waals surface area (Å²) in [6, 6.07) is 32.1. The van der Waals surface area contributed by atoms with Gasteiger partial charge < -0.3 is 14.2 Å². The van der Waals surface area contributed by atoms with Crippen molar-refractivity contribution in [1.29, 1.82) is 0 Å². The maximum Gasteiger partial charge on any atom is 0.162 e. The molecule has 0 saturated carbocycles. The van der Waals surface area contributed by atoms with Gasteiger partial charge in [0.05, 0.1) is 33.9 Å². The Morgan fingerprint density at radius 2 is 1.47 bits per heavy atom. The molecule has 11 rings (SSSR count). The largest absolute Gasteiger partial charge is 0.455 e. The van der Waals surface area contributed by atoms with Crippen LogP contribution in [-0.4, -0.2) is 16.2 Å². The third-order valence-electron chi connectivity index (χ3n) is 9.33. The van der Waals surface area contributed by atoms with E-state index in [1.54, 1.807) is 0 Å². The lowest BCUT2D eigenvalue weighted by Gasteiger charge is -2.23. The van der Waals surface area contributed by atoms with Crippen molar-refractivity contribution in [2.24, 2.45) is 4.99 Å². The quantitative estimate of drug-likeness (QED) is 0.221. The summed E-state index contributed by atoms with van der Waals surface area (Å²) in [6.07, 6.45) is 8.39. The van der Waals surface area contributed by atoms with Crippen molar-refractivity contribution in [3.05, 3.63) is 115 Å². The number of rotatable bonds is 1. The molecule has 5 heteroatoms. The Labute approximate surface area is 244 Å². The van der Waals surface area contributed by atoms with Gasteiger partial charge in [-0.15, -0.1) is 0 Å². The molecule has 1 N–H and O–H groups in total. The number of nitrogens with one attached hydrogen (secondary N) is 1. The lowest BCUT2D eigenvalue weighted by molar-refractivity contribution is 0.670. The number of fused-ring (bicyclic) bond motifs is 14. The number of hydrogen-bond acceptors (Lipinski definition) is 4. The van der Waals surface area contributed by atoms with Crippen LogP contribution in [0.3, 0.4) is 0 Å². The van der Waals surface area contributed by atoms with Gasteiger partial charge in [-0.25, -0.2) is 4.99 Å². The Hall–Kier alpha value is -5.81. The summed E-state index contributed by atoms with van der Waals surface area (Å²) in [7, 11) is 0. The number of nitrogens with zero attached hydrogens (tertiary/aromatic N) is 2. The molecule has 5 heterocycles. The Kier molecular flexibility index (Phi) is 3.83.